The highest BCUT2D eigenvalue weighted by Crippen LogP contribution is 2.37. The minimum Gasteiger partial charge on any atom is -0.494 e. The zero-order chi connectivity index (χ0) is 16.2. The Labute approximate surface area is 135 Å². The van der Waals surface area contributed by atoms with Crippen molar-refractivity contribution in [2.75, 3.05) is 6.61 Å². The van der Waals surface area contributed by atoms with E-state index < -0.39 is 0 Å². The van der Waals surface area contributed by atoms with Gasteiger partial charge >= 0.3 is 7.12 Å². The summed E-state index contributed by atoms with van der Waals surface area (Å²) < 4.78 is 18.2. The number of hydrogen-bond donors (Lipinski definition) is 0. The molecule has 122 valence electrons. The fourth-order valence-corrected chi connectivity index (χ4v) is 2.49. The third kappa shape index (κ3) is 3.85. The van der Waals surface area contributed by atoms with Crippen molar-refractivity contribution in [3.8, 4) is 5.75 Å². The summed E-state index contributed by atoms with van der Waals surface area (Å²) in [4.78, 5) is 0. The highest BCUT2D eigenvalue weighted by Gasteiger charge is 2.52. The van der Waals surface area contributed by atoms with Crippen molar-refractivity contribution in [3.05, 3.63) is 24.3 Å². The van der Waals surface area contributed by atoms with Crippen LogP contribution in [0.4, 0.5) is 0 Å². The van der Waals surface area contributed by atoms with Gasteiger partial charge in [0.2, 0.25) is 0 Å². The van der Waals surface area contributed by atoms with E-state index in [1.54, 1.807) is 0 Å². The normalized spacial score (nSPS) is 19.4. The van der Waals surface area contributed by atoms with E-state index in [1.807, 2.05) is 24.3 Å². The molecule has 2 rings (SSSR count). The molecule has 1 saturated heterocycles. The van der Waals surface area contributed by atoms with Crippen LogP contribution in [0.3, 0.4) is 0 Å². The highest BCUT2D eigenvalue weighted by atomic mass is 16.7. The number of para-hydroxylation sites is 1. The molecule has 0 N–H and O–H groups in total. The van der Waals surface area contributed by atoms with Gasteiger partial charge in [0.1, 0.15) is 5.75 Å². The van der Waals surface area contributed by atoms with Crippen LogP contribution >= 0.6 is 0 Å². The molecule has 22 heavy (non-hydrogen) atoms. The van der Waals surface area contributed by atoms with E-state index in [0.29, 0.717) is 0 Å². The van der Waals surface area contributed by atoms with E-state index in [9.17, 15) is 0 Å². The van der Waals surface area contributed by atoms with Crippen LogP contribution in [0, 0.1) is 0 Å². The molecule has 0 radical (unpaired) electrons. The first kappa shape index (κ1) is 17.4. The molecule has 0 spiro atoms. The summed E-state index contributed by atoms with van der Waals surface area (Å²) in [6.45, 7) is 11.2. The van der Waals surface area contributed by atoms with Gasteiger partial charge in [-0.1, -0.05) is 44.4 Å². The van der Waals surface area contributed by atoms with Crippen molar-refractivity contribution in [2.45, 2.75) is 71.5 Å². The van der Waals surface area contributed by atoms with Crippen molar-refractivity contribution in [2.24, 2.45) is 0 Å². The average Bonchev–Trinajstić information content (AvgIpc) is 2.67. The second kappa shape index (κ2) is 7.05. The Hall–Kier alpha value is -0.995. The van der Waals surface area contributed by atoms with Crippen molar-refractivity contribution in [3.63, 3.8) is 0 Å². The molecular formula is C18H29BO3. The third-order valence-corrected chi connectivity index (χ3v) is 4.68. The van der Waals surface area contributed by atoms with Gasteiger partial charge in [0.25, 0.3) is 0 Å². The minimum atomic E-state index is -0.364. The zero-order valence-electron chi connectivity index (χ0n) is 14.6. The third-order valence-electron chi connectivity index (χ3n) is 4.68. The molecule has 1 aromatic rings. The molecule has 1 fully saturated rings. The minimum absolute atomic E-state index is 0.327. The fourth-order valence-electron chi connectivity index (χ4n) is 2.49. The summed E-state index contributed by atoms with van der Waals surface area (Å²) in [6.07, 6.45) is 4.81. The number of benzene rings is 1. The Bertz CT molecular complexity index is 469. The summed E-state index contributed by atoms with van der Waals surface area (Å²) in [7, 11) is -0.364. The molecule has 3 nitrogen and oxygen atoms in total. The Kier molecular flexibility index (Phi) is 5.57. The summed E-state index contributed by atoms with van der Waals surface area (Å²) in [5, 5.41) is 0. The summed E-state index contributed by atoms with van der Waals surface area (Å²) in [6, 6.07) is 8.03. The molecule has 0 bridgehead atoms. The fraction of sp³-hybridized carbons (Fsp3) is 0.667. The van der Waals surface area contributed by atoms with Crippen LogP contribution in [-0.4, -0.2) is 24.9 Å². The zero-order valence-corrected chi connectivity index (χ0v) is 14.6. The number of ether oxygens (including phenoxy) is 1. The maximum Gasteiger partial charge on any atom is 0.498 e. The quantitative estimate of drug-likeness (QED) is 0.564. The first-order chi connectivity index (χ1) is 10.4. The molecule has 1 heterocycles. The van der Waals surface area contributed by atoms with Crippen LogP contribution in [0.2, 0.25) is 0 Å². The van der Waals surface area contributed by atoms with E-state index in [4.69, 9.17) is 14.0 Å². The topological polar surface area (TPSA) is 27.7 Å². The summed E-state index contributed by atoms with van der Waals surface area (Å²) in [5.41, 5.74) is 0.328. The van der Waals surface area contributed by atoms with Crippen molar-refractivity contribution < 1.29 is 14.0 Å². The molecule has 1 aliphatic heterocycles. The molecule has 0 aliphatic carbocycles. The van der Waals surface area contributed by atoms with Gasteiger partial charge in [-0.3, -0.25) is 0 Å². The second-order valence-corrected chi connectivity index (χ2v) is 7.04. The molecule has 0 aromatic heterocycles. The molecule has 4 heteroatoms. The van der Waals surface area contributed by atoms with Gasteiger partial charge in [-0.05, 0) is 40.2 Å². The summed E-state index contributed by atoms with van der Waals surface area (Å²) in [5.74, 6) is 0.873. The molecule has 0 saturated carbocycles. The standard InChI is InChI=1S/C18H29BO3/c1-6-7-8-11-14-20-16-13-10-9-12-15(16)19-21-17(2,3)18(4,5)22-19/h9-10,12-13H,6-8,11,14H2,1-5H3. The van der Waals surface area contributed by atoms with Gasteiger partial charge in [-0.15, -0.1) is 0 Å². The lowest BCUT2D eigenvalue weighted by molar-refractivity contribution is 0.00578. The van der Waals surface area contributed by atoms with Crippen LogP contribution in [-0.2, 0) is 9.31 Å². The highest BCUT2D eigenvalue weighted by molar-refractivity contribution is 6.63. The number of rotatable bonds is 7. The van der Waals surface area contributed by atoms with Gasteiger partial charge in [0, 0.05) is 5.46 Å². The lowest BCUT2D eigenvalue weighted by atomic mass is 9.78. The Morgan fingerprint density at radius 3 is 2.23 bits per heavy atom. The molecule has 0 atom stereocenters. The maximum absolute atomic E-state index is 6.13. The van der Waals surface area contributed by atoms with E-state index in [-0.39, 0.29) is 18.3 Å². The van der Waals surface area contributed by atoms with E-state index in [0.717, 1.165) is 24.2 Å². The predicted octanol–water partition coefficient (Wildman–Crippen LogP) is 3.94. The second-order valence-electron chi connectivity index (χ2n) is 7.04. The van der Waals surface area contributed by atoms with Crippen LogP contribution < -0.4 is 10.2 Å². The molecule has 1 aliphatic rings. The van der Waals surface area contributed by atoms with Gasteiger partial charge in [0.05, 0.1) is 17.8 Å². The lowest BCUT2D eigenvalue weighted by Crippen LogP contribution is -2.41. The number of hydrogen-bond acceptors (Lipinski definition) is 3. The number of unbranched alkanes of at least 4 members (excludes halogenated alkanes) is 3. The van der Waals surface area contributed by atoms with E-state index in [1.165, 1.54) is 19.3 Å². The first-order valence-corrected chi connectivity index (χ1v) is 8.45. The van der Waals surface area contributed by atoms with Crippen molar-refractivity contribution in [1.29, 1.82) is 0 Å². The molecule has 0 amide bonds. The van der Waals surface area contributed by atoms with E-state index >= 15 is 0 Å². The van der Waals surface area contributed by atoms with Gasteiger partial charge in [-0.2, -0.15) is 0 Å². The first-order valence-electron chi connectivity index (χ1n) is 8.45. The Morgan fingerprint density at radius 1 is 0.955 bits per heavy atom. The Morgan fingerprint density at radius 2 is 1.59 bits per heavy atom. The SMILES string of the molecule is CCCCCCOc1ccccc1B1OC(C)(C)C(C)(C)O1. The monoisotopic (exact) mass is 304 g/mol. The van der Waals surface area contributed by atoms with Crippen LogP contribution in [0.5, 0.6) is 5.75 Å². The maximum atomic E-state index is 6.13. The molecular weight excluding hydrogens is 275 g/mol. The predicted molar refractivity (Wildman–Crippen MR) is 91.8 cm³/mol. The van der Waals surface area contributed by atoms with Crippen LogP contribution in [0.25, 0.3) is 0 Å². The molecule has 0 unspecified atom stereocenters. The average molecular weight is 304 g/mol. The molecule has 1 aromatic carbocycles. The van der Waals surface area contributed by atoms with Crippen LogP contribution in [0.15, 0.2) is 24.3 Å². The van der Waals surface area contributed by atoms with Gasteiger partial charge in [0.15, 0.2) is 0 Å². The van der Waals surface area contributed by atoms with Gasteiger partial charge < -0.3 is 14.0 Å². The smallest absolute Gasteiger partial charge is 0.494 e. The summed E-state index contributed by atoms with van der Waals surface area (Å²) >= 11 is 0. The van der Waals surface area contributed by atoms with Crippen LogP contribution in [0.1, 0.15) is 60.3 Å². The van der Waals surface area contributed by atoms with E-state index in [2.05, 4.69) is 34.6 Å². The largest absolute Gasteiger partial charge is 0.498 e. The van der Waals surface area contributed by atoms with Crippen molar-refractivity contribution >= 4 is 12.6 Å². The lowest BCUT2D eigenvalue weighted by Gasteiger charge is -2.32. The van der Waals surface area contributed by atoms with Crippen molar-refractivity contribution in [1.82, 2.24) is 0 Å². The Balaban J connectivity index is 2.03. The van der Waals surface area contributed by atoms with Gasteiger partial charge in [-0.25, -0.2) is 0 Å².